The molecule has 0 aliphatic heterocycles. The number of para-hydroxylation sites is 1. The number of aromatic nitrogens is 1. The number of benzene rings is 1. The van der Waals surface area contributed by atoms with E-state index < -0.39 is 23.2 Å². The number of amides is 1. The molecule has 1 aromatic heterocycles. The Labute approximate surface area is 117 Å². The Balaban J connectivity index is 2.37. The summed E-state index contributed by atoms with van der Waals surface area (Å²) in [4.78, 5) is 23.7. The van der Waals surface area contributed by atoms with E-state index in [1.54, 1.807) is 0 Å². The second-order valence-corrected chi connectivity index (χ2v) is 4.34. The molecule has 0 spiro atoms. The predicted octanol–water partition coefficient (Wildman–Crippen LogP) is 2.66. The number of pyridine rings is 1. The van der Waals surface area contributed by atoms with Crippen LogP contribution in [0.15, 0.2) is 47.4 Å². The molecule has 110 valence electrons. The lowest BCUT2D eigenvalue weighted by molar-refractivity contribution is -0.136. The second kappa shape index (κ2) is 5.43. The fourth-order valence-corrected chi connectivity index (χ4v) is 1.80. The van der Waals surface area contributed by atoms with Crippen LogP contribution in [-0.2, 0) is 13.2 Å². The zero-order valence-electron chi connectivity index (χ0n) is 10.9. The van der Waals surface area contributed by atoms with Crippen molar-refractivity contribution in [1.82, 2.24) is 4.57 Å². The minimum absolute atomic E-state index is 0.225. The highest BCUT2D eigenvalue weighted by Gasteiger charge is 2.33. The van der Waals surface area contributed by atoms with Crippen molar-refractivity contribution in [1.29, 1.82) is 0 Å². The quantitative estimate of drug-likeness (QED) is 0.926. The second-order valence-electron chi connectivity index (χ2n) is 4.34. The van der Waals surface area contributed by atoms with Gasteiger partial charge in [-0.25, -0.2) is 0 Å². The lowest BCUT2D eigenvalue weighted by atomic mass is 10.1. The molecule has 0 saturated heterocycles. The predicted molar refractivity (Wildman–Crippen MR) is 71.1 cm³/mol. The molecule has 0 unspecified atom stereocenters. The van der Waals surface area contributed by atoms with Gasteiger partial charge in [-0.15, -0.1) is 0 Å². The summed E-state index contributed by atoms with van der Waals surface area (Å²) in [5.74, 6) is -0.882. The average molecular weight is 296 g/mol. The van der Waals surface area contributed by atoms with Crippen molar-refractivity contribution in [3.63, 3.8) is 0 Å². The lowest BCUT2D eigenvalue weighted by Gasteiger charge is -2.13. The molecule has 1 amide bonds. The third-order valence-electron chi connectivity index (χ3n) is 2.85. The number of hydrogen-bond acceptors (Lipinski definition) is 2. The van der Waals surface area contributed by atoms with Gasteiger partial charge in [-0.05, 0) is 24.3 Å². The molecular weight excluding hydrogens is 285 g/mol. The van der Waals surface area contributed by atoms with Gasteiger partial charge < -0.3 is 9.88 Å². The summed E-state index contributed by atoms with van der Waals surface area (Å²) >= 11 is 0. The van der Waals surface area contributed by atoms with E-state index in [0.717, 1.165) is 12.1 Å². The van der Waals surface area contributed by atoms with Crippen molar-refractivity contribution in [2.75, 3.05) is 5.32 Å². The van der Waals surface area contributed by atoms with Crippen LogP contribution in [0.25, 0.3) is 0 Å². The van der Waals surface area contributed by atoms with Crippen LogP contribution in [0.4, 0.5) is 18.9 Å². The largest absolute Gasteiger partial charge is 0.418 e. The van der Waals surface area contributed by atoms with E-state index in [4.69, 9.17) is 0 Å². The Morgan fingerprint density at radius 2 is 1.81 bits per heavy atom. The van der Waals surface area contributed by atoms with E-state index in [9.17, 15) is 22.8 Å². The molecule has 1 heterocycles. The van der Waals surface area contributed by atoms with Crippen molar-refractivity contribution >= 4 is 11.6 Å². The number of anilines is 1. The van der Waals surface area contributed by atoms with E-state index in [1.165, 1.54) is 42.1 Å². The van der Waals surface area contributed by atoms with Crippen LogP contribution in [-0.4, -0.2) is 10.5 Å². The zero-order valence-corrected chi connectivity index (χ0v) is 10.9. The van der Waals surface area contributed by atoms with Gasteiger partial charge >= 0.3 is 6.18 Å². The number of carbonyl (C=O) groups excluding carboxylic acids is 1. The van der Waals surface area contributed by atoms with Gasteiger partial charge in [0.2, 0.25) is 0 Å². The molecule has 7 heteroatoms. The van der Waals surface area contributed by atoms with Crippen molar-refractivity contribution in [3.8, 4) is 0 Å². The van der Waals surface area contributed by atoms with Crippen LogP contribution < -0.4 is 10.9 Å². The van der Waals surface area contributed by atoms with Gasteiger partial charge in [0.25, 0.3) is 11.5 Å². The minimum Gasteiger partial charge on any atom is -0.321 e. The lowest BCUT2D eigenvalue weighted by Crippen LogP contribution is -2.27. The van der Waals surface area contributed by atoms with E-state index in [-0.39, 0.29) is 11.3 Å². The molecule has 0 aliphatic rings. The Hall–Kier alpha value is -2.57. The highest BCUT2D eigenvalue weighted by atomic mass is 19.4. The maximum atomic E-state index is 12.8. The molecule has 4 nitrogen and oxygen atoms in total. The summed E-state index contributed by atoms with van der Waals surface area (Å²) < 4.78 is 39.7. The van der Waals surface area contributed by atoms with E-state index >= 15 is 0 Å². The summed E-state index contributed by atoms with van der Waals surface area (Å²) in [5, 5.41) is 2.13. The highest BCUT2D eigenvalue weighted by molar-refractivity contribution is 6.04. The fraction of sp³-hybridized carbons (Fsp3) is 0.143. The van der Waals surface area contributed by atoms with Gasteiger partial charge in [-0.1, -0.05) is 12.1 Å². The number of rotatable bonds is 2. The SMILES string of the molecule is Cn1cccc(C(=O)Nc2ccccc2C(F)(F)F)c1=O. The number of hydrogen-bond donors (Lipinski definition) is 1. The third kappa shape index (κ3) is 3.13. The number of nitrogens with one attached hydrogen (secondary N) is 1. The summed E-state index contributed by atoms with van der Waals surface area (Å²) in [7, 11) is 1.45. The average Bonchev–Trinajstić information content (AvgIpc) is 2.41. The zero-order chi connectivity index (χ0) is 15.6. The summed E-state index contributed by atoms with van der Waals surface area (Å²) in [6.45, 7) is 0. The Bertz CT molecular complexity index is 735. The summed E-state index contributed by atoms with van der Waals surface area (Å²) in [5.41, 5.74) is -2.16. The third-order valence-corrected chi connectivity index (χ3v) is 2.85. The molecule has 0 fully saturated rings. The first-order valence-corrected chi connectivity index (χ1v) is 5.94. The number of nitrogens with zero attached hydrogens (tertiary/aromatic N) is 1. The number of halogens is 3. The molecule has 0 radical (unpaired) electrons. The molecule has 0 saturated carbocycles. The summed E-state index contributed by atoms with van der Waals surface area (Å²) in [6, 6.07) is 7.31. The topological polar surface area (TPSA) is 51.1 Å². The van der Waals surface area contributed by atoms with Gasteiger partial charge in [0.15, 0.2) is 0 Å². The van der Waals surface area contributed by atoms with Crippen molar-refractivity contribution < 1.29 is 18.0 Å². The highest BCUT2D eigenvalue weighted by Crippen LogP contribution is 2.34. The Morgan fingerprint density at radius 1 is 1.14 bits per heavy atom. The minimum atomic E-state index is -4.59. The normalized spacial score (nSPS) is 11.2. The maximum absolute atomic E-state index is 12.8. The molecule has 0 aliphatic carbocycles. The van der Waals surface area contributed by atoms with Crippen LogP contribution in [0.1, 0.15) is 15.9 Å². The Kier molecular flexibility index (Phi) is 3.84. The monoisotopic (exact) mass is 296 g/mol. The standard InChI is InChI=1S/C14H11F3N2O2/c1-19-8-4-5-9(13(19)21)12(20)18-11-7-3-2-6-10(11)14(15,16)17/h2-8H,1H3,(H,18,20). The van der Waals surface area contributed by atoms with E-state index in [1.807, 2.05) is 0 Å². The molecule has 21 heavy (non-hydrogen) atoms. The van der Waals surface area contributed by atoms with E-state index in [0.29, 0.717) is 0 Å². The van der Waals surface area contributed by atoms with Crippen molar-refractivity contribution in [3.05, 3.63) is 64.1 Å². The molecular formula is C14H11F3N2O2. The molecule has 0 bridgehead atoms. The van der Waals surface area contributed by atoms with Crippen LogP contribution in [0.5, 0.6) is 0 Å². The molecule has 2 rings (SSSR count). The first-order chi connectivity index (χ1) is 9.80. The van der Waals surface area contributed by atoms with Crippen LogP contribution >= 0.6 is 0 Å². The molecule has 2 aromatic rings. The maximum Gasteiger partial charge on any atom is 0.418 e. The summed E-state index contributed by atoms with van der Waals surface area (Å²) in [6.07, 6.45) is -3.14. The number of alkyl halides is 3. The van der Waals surface area contributed by atoms with Crippen LogP contribution in [0, 0.1) is 0 Å². The number of aryl methyl sites for hydroxylation is 1. The molecule has 1 N–H and O–H groups in total. The van der Waals surface area contributed by atoms with Gasteiger partial charge in [-0.2, -0.15) is 13.2 Å². The van der Waals surface area contributed by atoms with Crippen LogP contribution in [0.3, 0.4) is 0 Å². The van der Waals surface area contributed by atoms with Gasteiger partial charge in [0.1, 0.15) is 5.56 Å². The van der Waals surface area contributed by atoms with Gasteiger partial charge in [0, 0.05) is 13.2 Å². The van der Waals surface area contributed by atoms with Gasteiger partial charge in [0.05, 0.1) is 11.3 Å². The van der Waals surface area contributed by atoms with Crippen LogP contribution in [0.2, 0.25) is 0 Å². The first-order valence-electron chi connectivity index (χ1n) is 5.94. The molecule has 0 atom stereocenters. The van der Waals surface area contributed by atoms with E-state index in [2.05, 4.69) is 5.32 Å². The Morgan fingerprint density at radius 3 is 2.48 bits per heavy atom. The van der Waals surface area contributed by atoms with Gasteiger partial charge in [-0.3, -0.25) is 9.59 Å². The first kappa shape index (κ1) is 14.8. The number of carbonyl (C=O) groups is 1. The van der Waals surface area contributed by atoms with Crippen molar-refractivity contribution in [2.24, 2.45) is 7.05 Å². The fourth-order valence-electron chi connectivity index (χ4n) is 1.80. The molecule has 1 aromatic carbocycles. The smallest absolute Gasteiger partial charge is 0.321 e. The van der Waals surface area contributed by atoms with Crippen molar-refractivity contribution in [2.45, 2.75) is 6.18 Å².